The number of hydrogen-bond donors (Lipinski definition) is 0. The van der Waals surface area contributed by atoms with E-state index in [0.717, 1.165) is 4.88 Å². The van der Waals surface area contributed by atoms with Gasteiger partial charge in [-0.05, 0) is 6.92 Å². The fourth-order valence-corrected chi connectivity index (χ4v) is 1.27. The first-order valence-corrected chi connectivity index (χ1v) is 3.92. The van der Waals surface area contributed by atoms with Gasteiger partial charge in [0.1, 0.15) is 0 Å². The maximum absolute atomic E-state index is 5.56. The Morgan fingerprint density at radius 1 is 1.80 bits per heavy atom. The zero-order valence-electron chi connectivity index (χ0n) is 5.22. The van der Waals surface area contributed by atoms with Crippen molar-refractivity contribution in [3.8, 4) is 11.8 Å². The van der Waals surface area contributed by atoms with Gasteiger partial charge in [-0.3, -0.25) is 0 Å². The average molecular weight is 171 g/mol. The summed E-state index contributed by atoms with van der Waals surface area (Å²) in [6, 6.07) is 0. The van der Waals surface area contributed by atoms with Gasteiger partial charge in [-0.1, -0.05) is 34.8 Å². The number of hydrogen-bond acceptors (Lipinski definition) is 2. The minimum atomic E-state index is 0.536. The van der Waals surface area contributed by atoms with Gasteiger partial charge in [0.05, 0.1) is 11.1 Å². The third kappa shape index (κ3) is 2.02. The predicted molar refractivity (Wildman–Crippen MR) is 44.0 cm³/mol. The largest absolute Gasteiger partial charge is 0.232 e. The van der Waals surface area contributed by atoms with Crippen LogP contribution in [0, 0.1) is 18.8 Å². The second-order valence-electron chi connectivity index (χ2n) is 1.53. The van der Waals surface area contributed by atoms with E-state index < -0.39 is 0 Å². The normalized spacial score (nSPS) is 8.60. The van der Waals surface area contributed by atoms with Crippen molar-refractivity contribution >= 4 is 22.9 Å². The lowest BCUT2D eigenvalue weighted by Gasteiger charge is -1.71. The molecule has 1 aromatic heterocycles. The van der Waals surface area contributed by atoms with Gasteiger partial charge in [0.15, 0.2) is 4.47 Å². The van der Waals surface area contributed by atoms with Crippen LogP contribution >= 0.6 is 22.9 Å². The molecule has 0 saturated heterocycles. The SMILES string of the molecule is [CH2]CC#Cc1cnc(Cl)s1. The molecule has 10 heavy (non-hydrogen) atoms. The molecule has 1 heterocycles. The molecule has 0 fully saturated rings. The van der Waals surface area contributed by atoms with E-state index in [1.165, 1.54) is 11.3 Å². The summed E-state index contributed by atoms with van der Waals surface area (Å²) >= 11 is 6.94. The zero-order valence-corrected chi connectivity index (χ0v) is 6.80. The van der Waals surface area contributed by atoms with Gasteiger partial charge in [-0.2, -0.15) is 0 Å². The molecule has 0 amide bonds. The summed E-state index contributed by atoms with van der Waals surface area (Å²) in [7, 11) is 0. The molecular formula is C7H5ClNS. The standard InChI is InChI=1S/C7H5ClNS/c1-2-3-4-6-5-9-7(8)10-6/h5H,1-2H2. The molecule has 0 bridgehead atoms. The van der Waals surface area contributed by atoms with E-state index in [1.807, 2.05) is 0 Å². The van der Waals surface area contributed by atoms with Crippen LogP contribution in [-0.4, -0.2) is 4.98 Å². The average Bonchev–Trinajstić information content (AvgIpc) is 2.31. The third-order valence-electron chi connectivity index (χ3n) is 0.814. The summed E-state index contributed by atoms with van der Waals surface area (Å²) < 4.78 is 0.536. The predicted octanol–water partition coefficient (Wildman–Crippen LogP) is 2.37. The molecule has 3 heteroatoms. The molecule has 1 rings (SSSR count). The Bertz CT molecular complexity index is 269. The minimum absolute atomic E-state index is 0.536. The van der Waals surface area contributed by atoms with E-state index in [0.29, 0.717) is 10.9 Å². The lowest BCUT2D eigenvalue weighted by molar-refractivity contribution is 1.41. The van der Waals surface area contributed by atoms with E-state index in [1.54, 1.807) is 6.20 Å². The minimum Gasteiger partial charge on any atom is -0.232 e. The lowest BCUT2D eigenvalue weighted by atomic mass is 10.4. The molecule has 0 unspecified atom stereocenters. The molecule has 0 spiro atoms. The fraction of sp³-hybridized carbons (Fsp3) is 0.143. The van der Waals surface area contributed by atoms with E-state index in [9.17, 15) is 0 Å². The molecule has 1 nitrogen and oxygen atoms in total. The first-order chi connectivity index (χ1) is 4.83. The first-order valence-electron chi connectivity index (χ1n) is 2.72. The molecule has 0 N–H and O–H groups in total. The maximum atomic E-state index is 5.56. The lowest BCUT2D eigenvalue weighted by Crippen LogP contribution is -1.59. The Labute approximate surface area is 69.1 Å². The van der Waals surface area contributed by atoms with Gasteiger partial charge < -0.3 is 0 Å². The van der Waals surface area contributed by atoms with Crippen molar-refractivity contribution < 1.29 is 0 Å². The Kier molecular flexibility index (Phi) is 2.73. The molecule has 51 valence electrons. The van der Waals surface area contributed by atoms with Crippen molar-refractivity contribution in [2.45, 2.75) is 6.42 Å². The smallest absolute Gasteiger partial charge is 0.184 e. The maximum Gasteiger partial charge on any atom is 0.184 e. The van der Waals surface area contributed by atoms with Crippen molar-refractivity contribution in [1.29, 1.82) is 0 Å². The van der Waals surface area contributed by atoms with Crippen molar-refractivity contribution in [2.75, 3.05) is 0 Å². The molecule has 0 aliphatic carbocycles. The summed E-state index contributed by atoms with van der Waals surface area (Å²) in [4.78, 5) is 4.73. The van der Waals surface area contributed by atoms with Gasteiger partial charge >= 0.3 is 0 Å². The van der Waals surface area contributed by atoms with Crippen LogP contribution in [0.5, 0.6) is 0 Å². The molecule has 1 aromatic rings. The second kappa shape index (κ2) is 3.60. The number of rotatable bonds is 0. The first kappa shape index (κ1) is 7.59. The Morgan fingerprint density at radius 3 is 3.10 bits per heavy atom. The van der Waals surface area contributed by atoms with Crippen LogP contribution in [0.15, 0.2) is 6.20 Å². The monoisotopic (exact) mass is 170 g/mol. The van der Waals surface area contributed by atoms with Gasteiger partial charge in [-0.25, -0.2) is 4.98 Å². The van der Waals surface area contributed by atoms with Crippen molar-refractivity contribution in [3.63, 3.8) is 0 Å². The van der Waals surface area contributed by atoms with Crippen LogP contribution in [0.3, 0.4) is 0 Å². The van der Waals surface area contributed by atoms with Crippen LogP contribution in [0.4, 0.5) is 0 Å². The number of nitrogens with zero attached hydrogens (tertiary/aromatic N) is 1. The van der Waals surface area contributed by atoms with Gasteiger partial charge in [0.2, 0.25) is 0 Å². The van der Waals surface area contributed by atoms with Crippen LogP contribution in [0.25, 0.3) is 0 Å². The summed E-state index contributed by atoms with van der Waals surface area (Å²) in [5, 5.41) is 0. The van der Waals surface area contributed by atoms with E-state index in [2.05, 4.69) is 23.7 Å². The molecule has 0 aliphatic heterocycles. The molecule has 0 atom stereocenters. The summed E-state index contributed by atoms with van der Waals surface area (Å²) in [6.45, 7) is 3.59. The van der Waals surface area contributed by atoms with Gasteiger partial charge in [0.25, 0.3) is 0 Å². The molecule has 1 radical (unpaired) electrons. The van der Waals surface area contributed by atoms with Crippen molar-refractivity contribution in [1.82, 2.24) is 4.98 Å². The highest BCUT2D eigenvalue weighted by Crippen LogP contribution is 2.15. The molecule has 0 saturated carbocycles. The van der Waals surface area contributed by atoms with Crippen LogP contribution in [0.1, 0.15) is 11.3 Å². The highest BCUT2D eigenvalue weighted by molar-refractivity contribution is 7.16. The summed E-state index contributed by atoms with van der Waals surface area (Å²) in [5.41, 5.74) is 0. The van der Waals surface area contributed by atoms with E-state index >= 15 is 0 Å². The number of aromatic nitrogens is 1. The van der Waals surface area contributed by atoms with Crippen LogP contribution < -0.4 is 0 Å². The molecule has 0 aromatic carbocycles. The van der Waals surface area contributed by atoms with Crippen LogP contribution in [0.2, 0.25) is 4.47 Å². The Morgan fingerprint density at radius 2 is 2.60 bits per heavy atom. The second-order valence-corrected chi connectivity index (χ2v) is 3.14. The Hall–Kier alpha value is -0.520. The molecular weight excluding hydrogens is 166 g/mol. The Balaban J connectivity index is 2.76. The molecule has 0 aliphatic rings. The number of halogens is 1. The summed E-state index contributed by atoms with van der Waals surface area (Å²) in [6.07, 6.45) is 2.28. The quantitative estimate of drug-likeness (QED) is 0.545. The van der Waals surface area contributed by atoms with Crippen LogP contribution in [-0.2, 0) is 0 Å². The van der Waals surface area contributed by atoms with Crippen molar-refractivity contribution in [3.05, 3.63) is 22.5 Å². The number of thiazole rings is 1. The topological polar surface area (TPSA) is 12.9 Å². The van der Waals surface area contributed by atoms with Gasteiger partial charge in [-0.15, -0.1) is 0 Å². The third-order valence-corrected chi connectivity index (χ3v) is 1.84. The van der Waals surface area contributed by atoms with Crippen molar-refractivity contribution in [2.24, 2.45) is 0 Å². The van der Waals surface area contributed by atoms with E-state index in [-0.39, 0.29) is 0 Å². The highest BCUT2D eigenvalue weighted by Gasteiger charge is 1.92. The fourth-order valence-electron chi connectivity index (χ4n) is 0.460. The van der Waals surface area contributed by atoms with Gasteiger partial charge in [0, 0.05) is 6.42 Å². The highest BCUT2D eigenvalue weighted by atomic mass is 35.5. The summed E-state index contributed by atoms with van der Waals surface area (Å²) in [5.74, 6) is 5.70. The van der Waals surface area contributed by atoms with E-state index in [4.69, 9.17) is 11.6 Å². The zero-order chi connectivity index (χ0) is 7.40.